The van der Waals surface area contributed by atoms with E-state index in [0.29, 0.717) is 18.9 Å². The Morgan fingerprint density at radius 3 is 2.33 bits per heavy atom. The molecule has 0 fully saturated rings. The quantitative estimate of drug-likeness (QED) is 0.781. The molecule has 7 heteroatoms. The Labute approximate surface area is 135 Å². The molecule has 118 valence electrons. The number of nitrogens with two attached hydrogens (primary N) is 1. The summed E-state index contributed by atoms with van der Waals surface area (Å²) in [4.78, 5) is 19.6. The van der Waals surface area contributed by atoms with E-state index in [-0.39, 0.29) is 27.3 Å². The molecule has 5 nitrogen and oxygen atoms in total. The molecular weight excluding hydrogens is 311 g/mol. The summed E-state index contributed by atoms with van der Waals surface area (Å²) in [5, 5.41) is 2.94. The smallest absolute Gasteiger partial charge is 0.224 e. The van der Waals surface area contributed by atoms with Crippen molar-refractivity contribution in [2.45, 2.75) is 40.0 Å². The molecule has 0 saturated heterocycles. The number of anilines is 1. The standard InChI is InChI=1S/C14H22Cl2N4O/c1-14(2,3)9(6-7-17)4-5-10(21)20-11-12(15)18-8-19-13(11)16/h8-9H,4-7,17H2,1-3H3,(H,20,21). The Hall–Kier alpha value is -0.910. The summed E-state index contributed by atoms with van der Waals surface area (Å²) in [5.41, 5.74) is 6.02. The summed E-state index contributed by atoms with van der Waals surface area (Å²) in [7, 11) is 0. The van der Waals surface area contributed by atoms with E-state index in [0.717, 1.165) is 12.8 Å². The number of carbonyl (C=O) groups is 1. The van der Waals surface area contributed by atoms with E-state index in [2.05, 4.69) is 36.1 Å². The van der Waals surface area contributed by atoms with Crippen LogP contribution in [-0.2, 0) is 4.79 Å². The van der Waals surface area contributed by atoms with Gasteiger partial charge in [-0.2, -0.15) is 0 Å². The average molecular weight is 333 g/mol. The molecule has 0 aliphatic carbocycles. The van der Waals surface area contributed by atoms with E-state index in [1.807, 2.05) is 0 Å². The third-order valence-corrected chi connectivity index (χ3v) is 4.05. The van der Waals surface area contributed by atoms with Crippen LogP contribution >= 0.6 is 23.2 Å². The molecule has 1 aromatic rings. The second-order valence-corrected chi connectivity index (χ2v) is 6.77. The van der Waals surface area contributed by atoms with Gasteiger partial charge in [0.2, 0.25) is 5.91 Å². The van der Waals surface area contributed by atoms with Gasteiger partial charge in [0.15, 0.2) is 10.3 Å². The van der Waals surface area contributed by atoms with Crippen molar-refractivity contribution in [2.24, 2.45) is 17.1 Å². The molecule has 3 N–H and O–H groups in total. The van der Waals surface area contributed by atoms with Gasteiger partial charge in [0.1, 0.15) is 12.0 Å². The molecular formula is C14H22Cl2N4O. The first-order chi connectivity index (χ1) is 9.75. The summed E-state index contributed by atoms with van der Waals surface area (Å²) in [6.07, 6.45) is 3.28. The van der Waals surface area contributed by atoms with Crippen LogP contribution in [0.4, 0.5) is 5.69 Å². The van der Waals surface area contributed by atoms with E-state index in [1.54, 1.807) is 0 Å². The Bertz CT molecular complexity index is 468. The first-order valence-electron chi connectivity index (χ1n) is 6.91. The number of rotatable bonds is 6. The maximum atomic E-state index is 12.0. The molecule has 0 aliphatic heterocycles. The van der Waals surface area contributed by atoms with Crippen molar-refractivity contribution in [3.63, 3.8) is 0 Å². The van der Waals surface area contributed by atoms with E-state index in [1.165, 1.54) is 6.33 Å². The maximum absolute atomic E-state index is 12.0. The molecule has 1 aromatic heterocycles. The van der Waals surface area contributed by atoms with Crippen LogP contribution in [0.5, 0.6) is 0 Å². The SMILES string of the molecule is CC(C)(C)C(CCN)CCC(=O)Nc1c(Cl)ncnc1Cl. The Morgan fingerprint density at radius 2 is 1.86 bits per heavy atom. The number of aromatic nitrogens is 2. The van der Waals surface area contributed by atoms with Crippen molar-refractivity contribution in [1.29, 1.82) is 0 Å². The molecule has 21 heavy (non-hydrogen) atoms. The third-order valence-electron chi connectivity index (χ3n) is 3.48. The Kier molecular flexibility index (Phi) is 6.84. The van der Waals surface area contributed by atoms with Crippen LogP contribution in [0, 0.1) is 11.3 Å². The predicted octanol–water partition coefficient (Wildman–Crippen LogP) is 3.51. The van der Waals surface area contributed by atoms with E-state index in [9.17, 15) is 4.79 Å². The van der Waals surface area contributed by atoms with Crippen molar-refractivity contribution in [3.8, 4) is 0 Å². The van der Waals surface area contributed by atoms with Crippen LogP contribution < -0.4 is 11.1 Å². The van der Waals surface area contributed by atoms with Gasteiger partial charge in [0.05, 0.1) is 0 Å². The molecule has 0 saturated carbocycles. The summed E-state index contributed by atoms with van der Waals surface area (Å²) < 4.78 is 0. The first kappa shape index (κ1) is 18.1. The van der Waals surface area contributed by atoms with Gasteiger partial charge >= 0.3 is 0 Å². The molecule has 1 rings (SSSR count). The zero-order valence-corrected chi connectivity index (χ0v) is 14.1. The minimum absolute atomic E-state index is 0.116. The Morgan fingerprint density at radius 1 is 1.29 bits per heavy atom. The van der Waals surface area contributed by atoms with Crippen LogP contribution in [0.2, 0.25) is 10.3 Å². The fourth-order valence-corrected chi connectivity index (χ4v) is 2.58. The van der Waals surface area contributed by atoms with Gasteiger partial charge < -0.3 is 11.1 Å². The number of halogens is 2. The predicted molar refractivity (Wildman–Crippen MR) is 86.5 cm³/mol. The van der Waals surface area contributed by atoms with Gasteiger partial charge in [-0.3, -0.25) is 4.79 Å². The highest BCUT2D eigenvalue weighted by Gasteiger charge is 2.24. The highest BCUT2D eigenvalue weighted by atomic mass is 35.5. The van der Waals surface area contributed by atoms with Crippen molar-refractivity contribution in [1.82, 2.24) is 9.97 Å². The van der Waals surface area contributed by atoms with Gasteiger partial charge in [-0.1, -0.05) is 44.0 Å². The highest BCUT2D eigenvalue weighted by Crippen LogP contribution is 2.32. The first-order valence-corrected chi connectivity index (χ1v) is 7.67. The van der Waals surface area contributed by atoms with Crippen LogP contribution in [0.15, 0.2) is 6.33 Å². The summed E-state index contributed by atoms with van der Waals surface area (Å²) in [6, 6.07) is 0. The van der Waals surface area contributed by atoms with Crippen molar-refractivity contribution >= 4 is 34.8 Å². The van der Waals surface area contributed by atoms with Gasteiger partial charge in [0, 0.05) is 6.42 Å². The number of hydrogen-bond acceptors (Lipinski definition) is 4. The largest absolute Gasteiger partial charge is 0.330 e. The zero-order chi connectivity index (χ0) is 16.0. The number of nitrogens with one attached hydrogen (secondary N) is 1. The van der Waals surface area contributed by atoms with Crippen LogP contribution in [0.3, 0.4) is 0 Å². The van der Waals surface area contributed by atoms with E-state index < -0.39 is 0 Å². The average Bonchev–Trinajstić information content (AvgIpc) is 2.37. The van der Waals surface area contributed by atoms with Crippen LogP contribution in [0.25, 0.3) is 0 Å². The summed E-state index contributed by atoms with van der Waals surface area (Å²) in [6.45, 7) is 7.09. The molecule has 0 spiro atoms. The second-order valence-electron chi connectivity index (χ2n) is 6.06. The maximum Gasteiger partial charge on any atom is 0.224 e. The van der Waals surface area contributed by atoms with Crippen molar-refractivity contribution in [2.75, 3.05) is 11.9 Å². The lowest BCUT2D eigenvalue weighted by atomic mass is 9.76. The van der Waals surface area contributed by atoms with Crippen molar-refractivity contribution < 1.29 is 4.79 Å². The van der Waals surface area contributed by atoms with Gasteiger partial charge in [0.25, 0.3) is 0 Å². The van der Waals surface area contributed by atoms with E-state index in [4.69, 9.17) is 28.9 Å². The van der Waals surface area contributed by atoms with Gasteiger partial charge in [-0.05, 0) is 30.7 Å². The molecule has 0 aliphatic rings. The van der Waals surface area contributed by atoms with Crippen LogP contribution in [0.1, 0.15) is 40.0 Å². The molecule has 0 radical (unpaired) electrons. The Balaban J connectivity index is 2.61. The number of nitrogens with zero attached hydrogens (tertiary/aromatic N) is 2. The lowest BCUT2D eigenvalue weighted by molar-refractivity contribution is -0.116. The molecule has 1 atom stereocenters. The molecule has 0 aromatic carbocycles. The fraction of sp³-hybridized carbons (Fsp3) is 0.643. The minimum atomic E-state index is -0.153. The number of hydrogen-bond donors (Lipinski definition) is 2. The van der Waals surface area contributed by atoms with Crippen molar-refractivity contribution in [3.05, 3.63) is 16.6 Å². The monoisotopic (exact) mass is 332 g/mol. The minimum Gasteiger partial charge on any atom is -0.330 e. The second kappa shape index (κ2) is 7.92. The van der Waals surface area contributed by atoms with Gasteiger partial charge in [-0.15, -0.1) is 0 Å². The summed E-state index contributed by atoms with van der Waals surface area (Å²) >= 11 is 11.8. The fourth-order valence-electron chi connectivity index (χ4n) is 2.17. The molecule has 0 bridgehead atoms. The molecule has 1 unspecified atom stereocenters. The van der Waals surface area contributed by atoms with E-state index >= 15 is 0 Å². The summed E-state index contributed by atoms with van der Waals surface area (Å²) in [5.74, 6) is 0.228. The third kappa shape index (κ3) is 5.77. The highest BCUT2D eigenvalue weighted by molar-refractivity contribution is 6.38. The normalized spacial score (nSPS) is 13.0. The topological polar surface area (TPSA) is 80.9 Å². The molecule has 1 heterocycles. The molecule has 1 amide bonds. The number of carbonyl (C=O) groups excluding carboxylic acids is 1. The van der Waals surface area contributed by atoms with Gasteiger partial charge in [-0.25, -0.2) is 9.97 Å². The van der Waals surface area contributed by atoms with Crippen LogP contribution in [-0.4, -0.2) is 22.4 Å². The zero-order valence-electron chi connectivity index (χ0n) is 12.6. The lowest BCUT2D eigenvalue weighted by Gasteiger charge is -2.30. The lowest BCUT2D eigenvalue weighted by Crippen LogP contribution is -2.25. The number of amides is 1.